The van der Waals surface area contributed by atoms with E-state index in [9.17, 15) is 0 Å². The zero-order chi connectivity index (χ0) is 17.5. The van der Waals surface area contributed by atoms with E-state index < -0.39 is 0 Å². The number of nitrogens with zero attached hydrogens (tertiary/aromatic N) is 3. The molecule has 0 atom stereocenters. The SMILES string of the molecule is CN(C)C1(CNc2cncc(SCc3ccccc3)n2)CCOCC1. The van der Waals surface area contributed by atoms with Crippen molar-refractivity contribution in [1.29, 1.82) is 0 Å². The first kappa shape index (κ1) is 18.2. The van der Waals surface area contributed by atoms with Gasteiger partial charge in [0, 0.05) is 31.1 Å². The molecule has 0 aliphatic carbocycles. The Morgan fingerprint density at radius 3 is 2.64 bits per heavy atom. The van der Waals surface area contributed by atoms with Gasteiger partial charge >= 0.3 is 0 Å². The Balaban J connectivity index is 1.59. The molecule has 1 aliphatic rings. The summed E-state index contributed by atoms with van der Waals surface area (Å²) in [6, 6.07) is 10.4. The number of rotatable bonds is 7. The lowest BCUT2D eigenvalue weighted by Gasteiger charge is -2.43. The van der Waals surface area contributed by atoms with Crippen molar-refractivity contribution in [3.8, 4) is 0 Å². The molecule has 1 aromatic carbocycles. The molecule has 134 valence electrons. The third-order valence-electron chi connectivity index (χ3n) is 4.81. The lowest BCUT2D eigenvalue weighted by Crippen LogP contribution is -2.53. The summed E-state index contributed by atoms with van der Waals surface area (Å²) in [6.07, 6.45) is 5.69. The summed E-state index contributed by atoms with van der Waals surface area (Å²) in [7, 11) is 4.29. The maximum atomic E-state index is 5.53. The van der Waals surface area contributed by atoms with E-state index >= 15 is 0 Å². The van der Waals surface area contributed by atoms with Crippen LogP contribution in [0, 0.1) is 0 Å². The van der Waals surface area contributed by atoms with Crippen LogP contribution in [0.3, 0.4) is 0 Å². The van der Waals surface area contributed by atoms with Crippen molar-refractivity contribution in [3.05, 3.63) is 48.3 Å². The van der Waals surface area contributed by atoms with E-state index in [2.05, 4.69) is 53.6 Å². The first-order chi connectivity index (χ1) is 12.2. The van der Waals surface area contributed by atoms with Gasteiger partial charge in [0.25, 0.3) is 0 Å². The molecule has 0 saturated carbocycles. The fourth-order valence-corrected chi connectivity index (χ4v) is 3.83. The van der Waals surface area contributed by atoms with Gasteiger partial charge in [0.15, 0.2) is 0 Å². The van der Waals surface area contributed by atoms with Gasteiger partial charge < -0.3 is 15.0 Å². The molecule has 5 nitrogen and oxygen atoms in total. The number of ether oxygens (including phenoxy) is 1. The van der Waals surface area contributed by atoms with Gasteiger partial charge in [0.1, 0.15) is 10.8 Å². The van der Waals surface area contributed by atoms with E-state index in [0.717, 1.165) is 49.2 Å². The highest BCUT2D eigenvalue weighted by Gasteiger charge is 2.34. The molecule has 0 bridgehead atoms. The second-order valence-electron chi connectivity index (χ2n) is 6.60. The molecule has 6 heteroatoms. The molecule has 1 fully saturated rings. The Morgan fingerprint density at radius 2 is 1.92 bits per heavy atom. The molecule has 1 saturated heterocycles. The van der Waals surface area contributed by atoms with Gasteiger partial charge in [-0.3, -0.25) is 4.98 Å². The van der Waals surface area contributed by atoms with Gasteiger partial charge in [-0.1, -0.05) is 30.3 Å². The zero-order valence-electron chi connectivity index (χ0n) is 14.9. The molecule has 0 radical (unpaired) electrons. The van der Waals surface area contributed by atoms with E-state index in [-0.39, 0.29) is 5.54 Å². The van der Waals surface area contributed by atoms with Gasteiger partial charge in [-0.2, -0.15) is 0 Å². The van der Waals surface area contributed by atoms with E-state index in [4.69, 9.17) is 9.72 Å². The van der Waals surface area contributed by atoms with Crippen LogP contribution in [-0.2, 0) is 10.5 Å². The number of likely N-dealkylation sites (N-methyl/N-ethyl adjacent to an activating group) is 1. The van der Waals surface area contributed by atoms with E-state index in [1.807, 2.05) is 12.3 Å². The maximum Gasteiger partial charge on any atom is 0.145 e. The monoisotopic (exact) mass is 358 g/mol. The Labute approximate surface area is 154 Å². The van der Waals surface area contributed by atoms with Crippen molar-refractivity contribution in [2.24, 2.45) is 0 Å². The summed E-state index contributed by atoms with van der Waals surface area (Å²) < 4.78 is 5.53. The highest BCUT2D eigenvalue weighted by atomic mass is 32.2. The van der Waals surface area contributed by atoms with E-state index in [0.29, 0.717) is 0 Å². The number of aromatic nitrogens is 2. The van der Waals surface area contributed by atoms with E-state index in [1.54, 1.807) is 18.0 Å². The highest BCUT2D eigenvalue weighted by Crippen LogP contribution is 2.27. The van der Waals surface area contributed by atoms with Crippen LogP contribution in [-0.4, -0.2) is 54.3 Å². The third-order valence-corrected chi connectivity index (χ3v) is 5.78. The lowest BCUT2D eigenvalue weighted by atomic mass is 9.88. The summed E-state index contributed by atoms with van der Waals surface area (Å²) in [4.78, 5) is 11.4. The predicted octanol–water partition coefficient (Wildman–Crippen LogP) is 3.29. The average molecular weight is 359 g/mol. The first-order valence-corrected chi connectivity index (χ1v) is 9.64. The minimum atomic E-state index is 0.118. The molecule has 1 aromatic heterocycles. The smallest absolute Gasteiger partial charge is 0.145 e. The Hall–Kier alpha value is -1.63. The van der Waals surface area contributed by atoms with Crippen LogP contribution in [0.2, 0.25) is 0 Å². The van der Waals surface area contributed by atoms with Crippen LogP contribution >= 0.6 is 11.8 Å². The Morgan fingerprint density at radius 1 is 1.16 bits per heavy atom. The first-order valence-electron chi connectivity index (χ1n) is 8.66. The average Bonchev–Trinajstić information content (AvgIpc) is 2.66. The summed E-state index contributed by atoms with van der Waals surface area (Å²) >= 11 is 1.71. The standard InChI is InChI=1S/C19H26N4OS/c1-23(2)19(8-10-24-11-9-19)15-21-17-12-20-13-18(22-17)25-14-16-6-4-3-5-7-16/h3-7,12-13H,8-11,14-15H2,1-2H3,(H,21,22). The Bertz CT molecular complexity index is 659. The largest absolute Gasteiger partial charge is 0.381 e. The van der Waals surface area contributed by atoms with Crippen LogP contribution in [0.1, 0.15) is 18.4 Å². The van der Waals surface area contributed by atoms with Crippen molar-refractivity contribution in [2.75, 3.05) is 39.2 Å². The minimum absolute atomic E-state index is 0.118. The normalized spacial score (nSPS) is 16.8. The fourth-order valence-electron chi connectivity index (χ4n) is 3.02. The molecular formula is C19H26N4OS. The maximum absolute atomic E-state index is 5.53. The van der Waals surface area contributed by atoms with Gasteiger partial charge in [-0.15, -0.1) is 11.8 Å². The summed E-state index contributed by atoms with van der Waals surface area (Å²) in [6.45, 7) is 2.49. The summed E-state index contributed by atoms with van der Waals surface area (Å²) in [5.41, 5.74) is 1.41. The predicted molar refractivity (Wildman–Crippen MR) is 103 cm³/mol. The molecule has 2 heterocycles. The summed E-state index contributed by atoms with van der Waals surface area (Å²) in [5, 5.41) is 4.44. The molecule has 0 spiro atoms. The van der Waals surface area contributed by atoms with Crippen molar-refractivity contribution in [1.82, 2.24) is 14.9 Å². The van der Waals surface area contributed by atoms with Crippen molar-refractivity contribution in [2.45, 2.75) is 29.2 Å². The van der Waals surface area contributed by atoms with E-state index in [1.165, 1.54) is 5.56 Å². The summed E-state index contributed by atoms with van der Waals surface area (Å²) in [5.74, 6) is 1.74. The van der Waals surface area contributed by atoms with Crippen molar-refractivity contribution >= 4 is 17.6 Å². The zero-order valence-corrected chi connectivity index (χ0v) is 15.8. The van der Waals surface area contributed by atoms with Crippen molar-refractivity contribution < 1.29 is 4.74 Å². The van der Waals surface area contributed by atoms with Crippen LogP contribution < -0.4 is 5.32 Å². The van der Waals surface area contributed by atoms with Crippen molar-refractivity contribution in [3.63, 3.8) is 0 Å². The van der Waals surface area contributed by atoms with Gasteiger partial charge in [0.2, 0.25) is 0 Å². The van der Waals surface area contributed by atoms with Crippen LogP contribution in [0.15, 0.2) is 47.8 Å². The molecule has 25 heavy (non-hydrogen) atoms. The van der Waals surface area contributed by atoms with Gasteiger partial charge in [-0.05, 0) is 32.5 Å². The molecular weight excluding hydrogens is 332 g/mol. The number of thioether (sulfide) groups is 1. The number of hydrogen-bond donors (Lipinski definition) is 1. The highest BCUT2D eigenvalue weighted by molar-refractivity contribution is 7.98. The number of hydrogen-bond acceptors (Lipinski definition) is 6. The molecule has 0 amide bonds. The lowest BCUT2D eigenvalue weighted by molar-refractivity contribution is -0.000671. The molecule has 1 aliphatic heterocycles. The van der Waals surface area contributed by atoms with Crippen LogP contribution in [0.5, 0.6) is 0 Å². The van der Waals surface area contributed by atoms with Gasteiger partial charge in [-0.25, -0.2) is 4.98 Å². The third kappa shape index (κ3) is 4.93. The molecule has 3 rings (SSSR count). The Kier molecular flexibility index (Phi) is 6.29. The van der Waals surface area contributed by atoms with Crippen LogP contribution in [0.25, 0.3) is 0 Å². The molecule has 1 N–H and O–H groups in total. The molecule has 2 aromatic rings. The second-order valence-corrected chi connectivity index (χ2v) is 7.60. The number of benzene rings is 1. The fraction of sp³-hybridized carbons (Fsp3) is 0.474. The quantitative estimate of drug-likeness (QED) is 0.767. The minimum Gasteiger partial charge on any atom is -0.381 e. The topological polar surface area (TPSA) is 50.3 Å². The number of anilines is 1. The second kappa shape index (κ2) is 8.65. The van der Waals surface area contributed by atoms with Gasteiger partial charge in [0.05, 0.1) is 12.4 Å². The van der Waals surface area contributed by atoms with Crippen LogP contribution in [0.4, 0.5) is 5.82 Å². The molecule has 0 unspecified atom stereocenters. The number of nitrogens with one attached hydrogen (secondary N) is 1.